The molecule has 0 saturated carbocycles. The summed E-state index contributed by atoms with van der Waals surface area (Å²) in [4.78, 5) is 27.8. The molecule has 0 radical (unpaired) electrons. The quantitative estimate of drug-likeness (QED) is 0.432. The molecule has 0 aliphatic carbocycles. The molecule has 2 aromatic carbocycles. The number of benzene rings is 2. The first-order valence-corrected chi connectivity index (χ1v) is 8.96. The summed E-state index contributed by atoms with van der Waals surface area (Å²) in [6.45, 7) is 3.87. The minimum Gasteiger partial charge on any atom is -0.467 e. The fourth-order valence-corrected chi connectivity index (χ4v) is 3.28. The lowest BCUT2D eigenvalue weighted by molar-refractivity contribution is -0.385. The van der Waals surface area contributed by atoms with E-state index in [0.29, 0.717) is 27.6 Å². The van der Waals surface area contributed by atoms with Gasteiger partial charge in [-0.3, -0.25) is 14.9 Å². The van der Waals surface area contributed by atoms with Crippen molar-refractivity contribution in [2.75, 3.05) is 12.1 Å². The molecule has 1 N–H and O–H groups in total. The zero-order chi connectivity index (χ0) is 21.0. The van der Waals surface area contributed by atoms with Crippen LogP contribution < -0.4 is 10.1 Å². The molecule has 2 aromatic rings. The normalized spacial score (nSPS) is 12.9. The van der Waals surface area contributed by atoms with Crippen molar-refractivity contribution in [2.24, 2.45) is 5.16 Å². The highest BCUT2D eigenvalue weighted by atomic mass is 35.5. The van der Waals surface area contributed by atoms with Crippen LogP contribution in [0.2, 0.25) is 5.02 Å². The molecule has 3 rings (SSSR count). The lowest BCUT2D eigenvalue weighted by atomic mass is 10.1. The number of carbonyl (C=O) groups excluding carboxylic acids is 1. The van der Waals surface area contributed by atoms with Crippen molar-refractivity contribution in [2.45, 2.75) is 27.1 Å². The number of hydrogen-bond donors (Lipinski definition) is 1. The van der Waals surface area contributed by atoms with Crippen LogP contribution in [0.1, 0.15) is 22.3 Å². The first kappa shape index (κ1) is 20.6. The standard InChI is InChI=1S/C19H18ClN3O6/c1-11-3-12(2)18(16(20)4-11)22-17(24)7-21-29-9-14-6-15(23(25)26)5-13-8-27-10-28-19(13)14/h3-7H,8-10H2,1-2H3,(H,22,24)/b21-7+. The van der Waals surface area contributed by atoms with E-state index in [1.54, 1.807) is 6.07 Å². The van der Waals surface area contributed by atoms with E-state index >= 15 is 0 Å². The molecule has 0 fully saturated rings. The number of carbonyl (C=O) groups is 1. The highest BCUT2D eigenvalue weighted by Gasteiger charge is 2.21. The van der Waals surface area contributed by atoms with Gasteiger partial charge in [-0.25, -0.2) is 0 Å². The lowest BCUT2D eigenvalue weighted by Gasteiger charge is -2.19. The summed E-state index contributed by atoms with van der Waals surface area (Å²) in [7, 11) is 0. The molecular formula is C19H18ClN3O6. The van der Waals surface area contributed by atoms with Crippen LogP contribution in [-0.4, -0.2) is 23.8 Å². The van der Waals surface area contributed by atoms with Crippen LogP contribution in [0.15, 0.2) is 29.4 Å². The number of nitro groups is 1. The lowest BCUT2D eigenvalue weighted by Crippen LogP contribution is -2.15. The summed E-state index contributed by atoms with van der Waals surface area (Å²) in [5.74, 6) is -0.0619. The van der Waals surface area contributed by atoms with Crippen molar-refractivity contribution in [3.05, 3.63) is 61.7 Å². The maximum Gasteiger partial charge on any atom is 0.270 e. The number of anilines is 1. The van der Waals surface area contributed by atoms with Gasteiger partial charge in [0.2, 0.25) is 0 Å². The minimum absolute atomic E-state index is 0.0418. The van der Waals surface area contributed by atoms with Gasteiger partial charge in [-0.15, -0.1) is 0 Å². The van der Waals surface area contributed by atoms with Gasteiger partial charge >= 0.3 is 0 Å². The zero-order valence-electron chi connectivity index (χ0n) is 15.7. The number of fused-ring (bicyclic) bond motifs is 1. The van der Waals surface area contributed by atoms with Crippen LogP contribution in [0.4, 0.5) is 11.4 Å². The number of aryl methyl sites for hydroxylation is 2. The Labute approximate surface area is 171 Å². The average Bonchev–Trinajstić information content (AvgIpc) is 2.67. The fraction of sp³-hybridized carbons (Fsp3) is 0.263. The van der Waals surface area contributed by atoms with Gasteiger partial charge in [-0.2, -0.15) is 0 Å². The molecule has 0 saturated heterocycles. The highest BCUT2D eigenvalue weighted by Crippen LogP contribution is 2.33. The molecule has 0 spiro atoms. The molecule has 9 nitrogen and oxygen atoms in total. The Balaban J connectivity index is 1.65. The molecule has 1 amide bonds. The van der Waals surface area contributed by atoms with Crippen LogP contribution >= 0.6 is 11.6 Å². The Morgan fingerprint density at radius 1 is 1.38 bits per heavy atom. The van der Waals surface area contributed by atoms with Gasteiger partial charge in [-0.05, 0) is 31.0 Å². The Kier molecular flexibility index (Phi) is 6.30. The maximum atomic E-state index is 12.1. The fourth-order valence-electron chi connectivity index (χ4n) is 2.91. The molecule has 10 heteroatoms. The van der Waals surface area contributed by atoms with Crippen LogP contribution in [0.25, 0.3) is 0 Å². The Morgan fingerprint density at radius 3 is 2.90 bits per heavy atom. The van der Waals surface area contributed by atoms with E-state index in [1.165, 1.54) is 12.1 Å². The van der Waals surface area contributed by atoms with Crippen molar-refractivity contribution < 1.29 is 24.0 Å². The molecule has 29 heavy (non-hydrogen) atoms. The Morgan fingerprint density at radius 2 is 2.17 bits per heavy atom. The van der Waals surface area contributed by atoms with Crippen LogP contribution in [0.5, 0.6) is 5.75 Å². The van der Waals surface area contributed by atoms with Gasteiger partial charge in [0.05, 0.1) is 22.2 Å². The molecule has 152 valence electrons. The van der Waals surface area contributed by atoms with Crippen molar-refractivity contribution in [1.82, 2.24) is 0 Å². The molecule has 1 aliphatic heterocycles. The van der Waals surface area contributed by atoms with Crippen LogP contribution in [0.3, 0.4) is 0 Å². The van der Waals surface area contributed by atoms with Crippen LogP contribution in [-0.2, 0) is 27.6 Å². The minimum atomic E-state index is -0.524. The van der Waals surface area contributed by atoms with Gasteiger partial charge < -0.3 is 19.6 Å². The predicted octanol–water partition coefficient (Wildman–Crippen LogP) is 3.87. The number of amides is 1. The second-order valence-corrected chi connectivity index (χ2v) is 6.80. The van der Waals surface area contributed by atoms with E-state index in [-0.39, 0.29) is 25.7 Å². The summed E-state index contributed by atoms with van der Waals surface area (Å²) in [5.41, 5.74) is 3.18. The summed E-state index contributed by atoms with van der Waals surface area (Å²) in [6, 6.07) is 6.37. The number of nitro benzene ring substituents is 1. The number of nitrogens with one attached hydrogen (secondary N) is 1. The maximum absolute atomic E-state index is 12.1. The third-order valence-electron chi connectivity index (χ3n) is 4.13. The highest BCUT2D eigenvalue weighted by molar-refractivity contribution is 6.37. The van der Waals surface area contributed by atoms with Crippen molar-refractivity contribution in [3.8, 4) is 5.75 Å². The third kappa shape index (κ3) is 5.01. The molecule has 0 bridgehead atoms. The number of ether oxygens (including phenoxy) is 2. The summed E-state index contributed by atoms with van der Waals surface area (Å²) in [5, 5.41) is 17.8. The van der Waals surface area contributed by atoms with Gasteiger partial charge in [0.1, 0.15) is 18.6 Å². The Bertz CT molecular complexity index is 969. The second kappa shape index (κ2) is 8.89. The van der Waals surface area contributed by atoms with E-state index in [1.807, 2.05) is 19.9 Å². The number of oxime groups is 1. The first-order valence-electron chi connectivity index (χ1n) is 8.59. The molecule has 1 aliphatic rings. The first-order chi connectivity index (χ1) is 13.8. The van der Waals surface area contributed by atoms with Crippen molar-refractivity contribution in [3.63, 3.8) is 0 Å². The van der Waals surface area contributed by atoms with E-state index < -0.39 is 10.8 Å². The topological polar surface area (TPSA) is 112 Å². The number of hydrogen-bond acceptors (Lipinski definition) is 7. The second-order valence-electron chi connectivity index (χ2n) is 6.40. The molecular weight excluding hydrogens is 402 g/mol. The predicted molar refractivity (Wildman–Crippen MR) is 106 cm³/mol. The molecule has 0 unspecified atom stereocenters. The van der Waals surface area contributed by atoms with Gasteiger partial charge in [-0.1, -0.05) is 22.8 Å². The molecule has 0 aromatic heterocycles. The van der Waals surface area contributed by atoms with Gasteiger partial charge in [0, 0.05) is 23.3 Å². The van der Waals surface area contributed by atoms with Gasteiger partial charge in [0.15, 0.2) is 6.79 Å². The van der Waals surface area contributed by atoms with E-state index in [2.05, 4.69) is 10.5 Å². The summed E-state index contributed by atoms with van der Waals surface area (Å²) < 4.78 is 10.6. The number of nitrogens with zero attached hydrogens (tertiary/aromatic N) is 2. The van der Waals surface area contributed by atoms with Crippen LogP contribution in [0, 0.1) is 24.0 Å². The summed E-state index contributed by atoms with van der Waals surface area (Å²) >= 11 is 6.16. The summed E-state index contributed by atoms with van der Waals surface area (Å²) in [6.07, 6.45) is 0.962. The zero-order valence-corrected chi connectivity index (χ0v) is 16.5. The molecule has 0 atom stereocenters. The smallest absolute Gasteiger partial charge is 0.270 e. The third-order valence-corrected chi connectivity index (χ3v) is 4.43. The van der Waals surface area contributed by atoms with Crippen molar-refractivity contribution in [1.29, 1.82) is 0 Å². The Hall–Kier alpha value is -3.17. The number of halogens is 1. The number of non-ortho nitro benzene ring substituents is 1. The SMILES string of the molecule is Cc1cc(C)c(NC(=O)/C=N/OCc2cc([N+](=O)[O-])cc3c2OCOC3)c(Cl)c1. The molecule has 1 heterocycles. The monoisotopic (exact) mass is 419 g/mol. The largest absolute Gasteiger partial charge is 0.467 e. The van der Waals surface area contributed by atoms with E-state index in [9.17, 15) is 14.9 Å². The van der Waals surface area contributed by atoms with Crippen molar-refractivity contribution >= 4 is 35.1 Å². The van der Waals surface area contributed by atoms with E-state index in [4.69, 9.17) is 25.9 Å². The number of rotatable bonds is 6. The average molecular weight is 420 g/mol. The van der Waals surface area contributed by atoms with Gasteiger partial charge in [0.25, 0.3) is 11.6 Å². The van der Waals surface area contributed by atoms with E-state index in [0.717, 1.165) is 17.3 Å².